The van der Waals surface area contributed by atoms with Gasteiger partial charge in [-0.1, -0.05) is 0 Å². The summed E-state index contributed by atoms with van der Waals surface area (Å²) in [5.74, 6) is 1.36. The molecular formula is C13H25NO2. The number of hydrogen-bond acceptors (Lipinski definition) is 3. The van der Waals surface area contributed by atoms with Crippen molar-refractivity contribution in [2.24, 2.45) is 11.8 Å². The fourth-order valence-corrected chi connectivity index (χ4v) is 3.05. The monoisotopic (exact) mass is 227 g/mol. The van der Waals surface area contributed by atoms with Crippen LogP contribution < -0.4 is 0 Å². The lowest BCUT2D eigenvalue weighted by Crippen LogP contribution is -2.47. The molecule has 2 rings (SSSR count). The van der Waals surface area contributed by atoms with Gasteiger partial charge in [0.15, 0.2) is 0 Å². The third-order valence-electron chi connectivity index (χ3n) is 3.50. The van der Waals surface area contributed by atoms with Gasteiger partial charge in [0.05, 0.1) is 18.3 Å². The number of piperidine rings is 1. The number of hydroxylamine groups is 2. The normalized spacial score (nSPS) is 35.2. The molecule has 0 amide bonds. The molecule has 2 aliphatic rings. The highest BCUT2D eigenvalue weighted by atomic mass is 16.7. The van der Waals surface area contributed by atoms with Crippen molar-refractivity contribution in [2.75, 3.05) is 13.1 Å². The van der Waals surface area contributed by atoms with Gasteiger partial charge in [-0.25, -0.2) is 0 Å². The van der Waals surface area contributed by atoms with Crippen LogP contribution in [0.2, 0.25) is 0 Å². The molecule has 1 saturated heterocycles. The van der Waals surface area contributed by atoms with Crippen LogP contribution in [0.5, 0.6) is 0 Å². The maximum atomic E-state index is 6.05. The first-order valence-electron chi connectivity index (χ1n) is 6.63. The summed E-state index contributed by atoms with van der Waals surface area (Å²) in [7, 11) is 0. The second-order valence-electron chi connectivity index (χ2n) is 5.75. The number of nitrogens with zero attached hydrogens (tertiary/aromatic N) is 1. The molecule has 1 aliphatic carbocycles. The molecule has 1 heterocycles. The van der Waals surface area contributed by atoms with E-state index in [1.54, 1.807) is 0 Å². The van der Waals surface area contributed by atoms with Crippen LogP contribution in [0.25, 0.3) is 0 Å². The molecule has 2 fully saturated rings. The molecule has 3 atom stereocenters. The molecule has 0 spiro atoms. The molecule has 0 N–H and O–H groups in total. The minimum Gasteiger partial charge on any atom is -0.375 e. The van der Waals surface area contributed by atoms with Crippen molar-refractivity contribution in [1.29, 1.82) is 0 Å². The Morgan fingerprint density at radius 1 is 0.938 bits per heavy atom. The fraction of sp³-hybridized carbons (Fsp3) is 1.00. The molecular weight excluding hydrogens is 202 g/mol. The Hall–Kier alpha value is -0.120. The van der Waals surface area contributed by atoms with E-state index >= 15 is 0 Å². The van der Waals surface area contributed by atoms with E-state index in [1.165, 1.54) is 12.8 Å². The second kappa shape index (κ2) is 5.03. The van der Waals surface area contributed by atoms with Gasteiger partial charge in [-0.05, 0) is 40.5 Å². The summed E-state index contributed by atoms with van der Waals surface area (Å²) in [5, 5.41) is 2.16. The Morgan fingerprint density at radius 3 is 1.94 bits per heavy atom. The van der Waals surface area contributed by atoms with E-state index < -0.39 is 0 Å². The largest absolute Gasteiger partial charge is 0.375 e. The van der Waals surface area contributed by atoms with Gasteiger partial charge in [0.1, 0.15) is 0 Å². The summed E-state index contributed by atoms with van der Waals surface area (Å²) in [5.41, 5.74) is 0. The average Bonchev–Trinajstić information content (AvgIpc) is 2.43. The van der Waals surface area contributed by atoms with E-state index in [4.69, 9.17) is 9.57 Å². The summed E-state index contributed by atoms with van der Waals surface area (Å²) in [6.45, 7) is 10.6. The van der Waals surface area contributed by atoms with Crippen molar-refractivity contribution < 1.29 is 9.57 Å². The quantitative estimate of drug-likeness (QED) is 0.736. The Balaban J connectivity index is 1.90. The maximum Gasteiger partial charge on any atom is 0.0737 e. The Morgan fingerprint density at radius 2 is 1.50 bits per heavy atom. The standard InChI is InChI=1S/C13H25NO2/c1-9(2)15-13-11-5-6-12(13)8-14(7-11)16-10(3)4/h9-13H,5-8H2,1-4H3/t11-,12+,13?. The van der Waals surface area contributed by atoms with Crippen LogP contribution >= 0.6 is 0 Å². The van der Waals surface area contributed by atoms with Crippen LogP contribution in [0.1, 0.15) is 40.5 Å². The van der Waals surface area contributed by atoms with Crippen LogP contribution in [-0.4, -0.2) is 36.5 Å². The summed E-state index contributed by atoms with van der Waals surface area (Å²) in [6, 6.07) is 0. The molecule has 3 heteroatoms. The van der Waals surface area contributed by atoms with Crippen LogP contribution in [0.3, 0.4) is 0 Å². The lowest BCUT2D eigenvalue weighted by Gasteiger charge is -2.38. The third kappa shape index (κ3) is 2.76. The van der Waals surface area contributed by atoms with Gasteiger partial charge in [0, 0.05) is 24.9 Å². The van der Waals surface area contributed by atoms with E-state index in [2.05, 4.69) is 32.8 Å². The van der Waals surface area contributed by atoms with Crippen LogP contribution in [0.4, 0.5) is 0 Å². The van der Waals surface area contributed by atoms with Crippen molar-refractivity contribution in [3.63, 3.8) is 0 Å². The summed E-state index contributed by atoms with van der Waals surface area (Å²) in [6.07, 6.45) is 3.74. The Bertz CT molecular complexity index is 216. The maximum absolute atomic E-state index is 6.05. The molecule has 2 bridgehead atoms. The number of rotatable bonds is 4. The predicted octanol–water partition coefficient (Wildman–Crippen LogP) is 2.46. The predicted molar refractivity (Wildman–Crippen MR) is 64.0 cm³/mol. The summed E-state index contributed by atoms with van der Waals surface area (Å²) in [4.78, 5) is 5.80. The molecule has 0 aromatic carbocycles. The molecule has 0 radical (unpaired) electrons. The molecule has 16 heavy (non-hydrogen) atoms. The van der Waals surface area contributed by atoms with E-state index in [-0.39, 0.29) is 0 Å². The van der Waals surface area contributed by atoms with Crippen molar-refractivity contribution in [1.82, 2.24) is 5.06 Å². The lowest BCUT2D eigenvalue weighted by molar-refractivity contribution is -0.227. The first-order chi connectivity index (χ1) is 7.56. The molecule has 94 valence electrons. The zero-order valence-corrected chi connectivity index (χ0v) is 11.0. The van der Waals surface area contributed by atoms with E-state index in [0.29, 0.717) is 30.1 Å². The van der Waals surface area contributed by atoms with E-state index in [9.17, 15) is 0 Å². The SMILES string of the molecule is CC(C)OC1[C@@H]2CC[C@H]1CN(OC(C)C)C2. The van der Waals surface area contributed by atoms with Crippen molar-refractivity contribution >= 4 is 0 Å². The molecule has 1 saturated carbocycles. The van der Waals surface area contributed by atoms with Gasteiger partial charge in [-0.3, -0.25) is 4.84 Å². The Labute approximate surface area is 99.0 Å². The minimum absolute atomic E-state index is 0.293. The lowest BCUT2D eigenvalue weighted by atomic mass is 9.96. The number of hydrogen-bond donors (Lipinski definition) is 0. The van der Waals surface area contributed by atoms with Crippen LogP contribution in [0.15, 0.2) is 0 Å². The summed E-state index contributed by atoms with van der Waals surface area (Å²) < 4.78 is 6.05. The number of ether oxygens (including phenoxy) is 1. The molecule has 0 aromatic rings. The van der Waals surface area contributed by atoms with Gasteiger partial charge < -0.3 is 4.74 Å². The zero-order chi connectivity index (χ0) is 11.7. The topological polar surface area (TPSA) is 21.7 Å². The smallest absolute Gasteiger partial charge is 0.0737 e. The molecule has 0 aromatic heterocycles. The first kappa shape index (κ1) is 12.3. The highest BCUT2D eigenvalue weighted by molar-refractivity contribution is 4.92. The van der Waals surface area contributed by atoms with Crippen molar-refractivity contribution in [2.45, 2.75) is 58.8 Å². The van der Waals surface area contributed by atoms with Gasteiger partial charge in [0.25, 0.3) is 0 Å². The average molecular weight is 227 g/mol. The van der Waals surface area contributed by atoms with E-state index in [1.807, 2.05) is 0 Å². The van der Waals surface area contributed by atoms with Crippen LogP contribution in [-0.2, 0) is 9.57 Å². The van der Waals surface area contributed by atoms with Gasteiger partial charge >= 0.3 is 0 Å². The van der Waals surface area contributed by atoms with Crippen molar-refractivity contribution in [3.05, 3.63) is 0 Å². The fourth-order valence-electron chi connectivity index (χ4n) is 3.05. The zero-order valence-electron chi connectivity index (χ0n) is 11.0. The van der Waals surface area contributed by atoms with Gasteiger partial charge in [0.2, 0.25) is 0 Å². The summed E-state index contributed by atoms with van der Waals surface area (Å²) >= 11 is 0. The highest BCUT2D eigenvalue weighted by Gasteiger charge is 2.43. The van der Waals surface area contributed by atoms with E-state index in [0.717, 1.165) is 13.1 Å². The molecule has 1 aliphatic heterocycles. The second-order valence-corrected chi connectivity index (χ2v) is 5.75. The minimum atomic E-state index is 0.293. The Kier molecular flexibility index (Phi) is 3.88. The molecule has 3 nitrogen and oxygen atoms in total. The first-order valence-corrected chi connectivity index (χ1v) is 6.63. The third-order valence-corrected chi connectivity index (χ3v) is 3.50. The number of fused-ring (bicyclic) bond motifs is 2. The van der Waals surface area contributed by atoms with Crippen LogP contribution in [0, 0.1) is 11.8 Å². The van der Waals surface area contributed by atoms with Crippen molar-refractivity contribution in [3.8, 4) is 0 Å². The van der Waals surface area contributed by atoms with Gasteiger partial charge in [-0.2, -0.15) is 5.06 Å². The molecule has 1 unspecified atom stereocenters. The van der Waals surface area contributed by atoms with Gasteiger partial charge in [-0.15, -0.1) is 0 Å². The highest BCUT2D eigenvalue weighted by Crippen LogP contribution is 2.39.